The summed E-state index contributed by atoms with van der Waals surface area (Å²) in [6.45, 7) is 4.71. The molecule has 0 saturated carbocycles. The molecule has 1 aromatic carbocycles. The minimum absolute atomic E-state index is 0.0726. The molecule has 0 radical (unpaired) electrons. The van der Waals surface area contributed by atoms with Gasteiger partial charge in [-0.25, -0.2) is 0 Å². The molecule has 0 aliphatic carbocycles. The Kier molecular flexibility index (Phi) is 6.36. The highest BCUT2D eigenvalue weighted by atomic mass is 16.5. The number of benzene rings is 1. The van der Waals surface area contributed by atoms with Crippen molar-refractivity contribution in [1.82, 2.24) is 5.32 Å². The van der Waals surface area contributed by atoms with Crippen molar-refractivity contribution in [1.29, 1.82) is 0 Å². The van der Waals surface area contributed by atoms with Crippen molar-refractivity contribution in [2.75, 3.05) is 13.7 Å². The first-order valence-corrected chi connectivity index (χ1v) is 6.69. The van der Waals surface area contributed by atoms with E-state index in [1.807, 2.05) is 24.3 Å². The lowest BCUT2D eigenvalue weighted by Crippen LogP contribution is -2.42. The number of carbonyl (C=O) groups is 1. The van der Waals surface area contributed by atoms with E-state index >= 15 is 0 Å². The number of hydrogen-bond donors (Lipinski definition) is 2. The fourth-order valence-electron chi connectivity index (χ4n) is 1.90. The number of methoxy groups -OCH3 is 1. The van der Waals surface area contributed by atoms with Crippen LogP contribution in [-0.4, -0.2) is 25.6 Å². The minimum atomic E-state index is -0.412. The van der Waals surface area contributed by atoms with E-state index < -0.39 is 6.04 Å². The average molecular weight is 264 g/mol. The fraction of sp³-hybridized carbons (Fsp3) is 0.533. The molecule has 0 fully saturated rings. The van der Waals surface area contributed by atoms with Gasteiger partial charge in [-0.05, 0) is 36.5 Å². The highest BCUT2D eigenvalue weighted by Crippen LogP contribution is 2.12. The van der Waals surface area contributed by atoms with Gasteiger partial charge < -0.3 is 15.8 Å². The van der Waals surface area contributed by atoms with Crippen LogP contribution in [0.15, 0.2) is 24.3 Å². The predicted octanol–water partition coefficient (Wildman–Crippen LogP) is 1.73. The first-order valence-electron chi connectivity index (χ1n) is 6.69. The molecule has 19 heavy (non-hydrogen) atoms. The molecule has 0 heterocycles. The largest absolute Gasteiger partial charge is 0.497 e. The van der Waals surface area contributed by atoms with Crippen LogP contribution in [0.3, 0.4) is 0 Å². The van der Waals surface area contributed by atoms with Gasteiger partial charge in [-0.15, -0.1) is 0 Å². The second-order valence-electron chi connectivity index (χ2n) is 5.13. The van der Waals surface area contributed by atoms with E-state index in [1.165, 1.54) is 0 Å². The molecule has 4 nitrogen and oxygen atoms in total. The van der Waals surface area contributed by atoms with Gasteiger partial charge in [0, 0.05) is 6.54 Å². The van der Waals surface area contributed by atoms with Crippen LogP contribution in [-0.2, 0) is 11.2 Å². The average Bonchev–Trinajstić information content (AvgIpc) is 2.38. The molecular formula is C15H24N2O2. The second-order valence-corrected chi connectivity index (χ2v) is 5.13. The summed E-state index contributed by atoms with van der Waals surface area (Å²) in [5, 5.41) is 2.87. The van der Waals surface area contributed by atoms with Crippen molar-refractivity contribution in [2.45, 2.75) is 32.7 Å². The third-order valence-corrected chi connectivity index (χ3v) is 2.91. The number of ether oxygens (including phenoxy) is 1. The first-order chi connectivity index (χ1) is 9.02. The maximum atomic E-state index is 11.7. The van der Waals surface area contributed by atoms with Gasteiger partial charge in [-0.3, -0.25) is 4.79 Å². The normalized spacial score (nSPS) is 12.3. The molecule has 0 aromatic heterocycles. The zero-order valence-corrected chi connectivity index (χ0v) is 12.0. The number of hydrogen-bond acceptors (Lipinski definition) is 3. The lowest BCUT2D eigenvalue weighted by Gasteiger charge is -2.14. The molecule has 1 amide bonds. The van der Waals surface area contributed by atoms with E-state index in [1.54, 1.807) is 7.11 Å². The van der Waals surface area contributed by atoms with Gasteiger partial charge in [0.05, 0.1) is 13.2 Å². The molecule has 1 unspecified atom stereocenters. The second kappa shape index (κ2) is 7.79. The molecule has 1 atom stereocenters. The highest BCUT2D eigenvalue weighted by Gasteiger charge is 2.13. The zero-order valence-electron chi connectivity index (χ0n) is 12.0. The summed E-state index contributed by atoms with van der Waals surface area (Å²) < 4.78 is 5.16. The Labute approximate surface area is 115 Å². The molecule has 1 aromatic rings. The Hall–Kier alpha value is -1.55. The summed E-state index contributed by atoms with van der Waals surface area (Å²) in [7, 11) is 1.64. The van der Waals surface area contributed by atoms with Crippen LogP contribution in [0.4, 0.5) is 0 Å². The fourth-order valence-corrected chi connectivity index (χ4v) is 1.90. The summed E-state index contributed by atoms with van der Waals surface area (Å²) in [4.78, 5) is 11.7. The third-order valence-electron chi connectivity index (χ3n) is 2.91. The molecule has 106 valence electrons. The monoisotopic (exact) mass is 264 g/mol. The van der Waals surface area contributed by atoms with Crippen LogP contribution in [0.25, 0.3) is 0 Å². The molecule has 1 rings (SSSR count). The number of amides is 1. The Balaban J connectivity index is 2.35. The highest BCUT2D eigenvalue weighted by molar-refractivity contribution is 5.81. The van der Waals surface area contributed by atoms with Crippen molar-refractivity contribution in [3.05, 3.63) is 29.8 Å². The molecule has 4 heteroatoms. The lowest BCUT2D eigenvalue weighted by molar-refractivity contribution is -0.122. The molecule has 0 aliphatic rings. The molecule has 0 saturated heterocycles. The molecule has 0 spiro atoms. The summed E-state index contributed by atoms with van der Waals surface area (Å²) in [6, 6.07) is 7.43. The Morgan fingerprint density at radius 1 is 1.42 bits per heavy atom. The van der Waals surface area contributed by atoms with E-state index in [0.29, 0.717) is 18.9 Å². The Morgan fingerprint density at radius 3 is 2.79 bits per heavy atom. The maximum Gasteiger partial charge on any atom is 0.236 e. The minimum Gasteiger partial charge on any atom is -0.497 e. The molecule has 0 aliphatic heterocycles. The predicted molar refractivity (Wildman–Crippen MR) is 77.1 cm³/mol. The lowest BCUT2D eigenvalue weighted by atomic mass is 10.0. The quantitative estimate of drug-likeness (QED) is 0.788. The van der Waals surface area contributed by atoms with Crippen molar-refractivity contribution >= 4 is 5.91 Å². The van der Waals surface area contributed by atoms with Crippen molar-refractivity contribution in [2.24, 2.45) is 11.7 Å². The van der Waals surface area contributed by atoms with Crippen molar-refractivity contribution < 1.29 is 9.53 Å². The van der Waals surface area contributed by atoms with Gasteiger partial charge in [0.15, 0.2) is 0 Å². The topological polar surface area (TPSA) is 64.3 Å². The van der Waals surface area contributed by atoms with Crippen LogP contribution in [0.5, 0.6) is 5.75 Å². The van der Waals surface area contributed by atoms with Gasteiger partial charge >= 0.3 is 0 Å². The smallest absolute Gasteiger partial charge is 0.236 e. The summed E-state index contributed by atoms with van der Waals surface area (Å²) in [6.07, 6.45) is 1.49. The third kappa shape index (κ3) is 5.75. The number of carbonyl (C=O) groups excluding carboxylic acids is 1. The van der Waals surface area contributed by atoms with Crippen LogP contribution in [0, 0.1) is 5.92 Å². The zero-order chi connectivity index (χ0) is 14.3. The summed E-state index contributed by atoms with van der Waals surface area (Å²) in [5.41, 5.74) is 6.95. The first kappa shape index (κ1) is 15.5. The van der Waals surface area contributed by atoms with Gasteiger partial charge in [0.2, 0.25) is 5.91 Å². The van der Waals surface area contributed by atoms with E-state index in [9.17, 15) is 4.79 Å². The van der Waals surface area contributed by atoms with E-state index in [-0.39, 0.29) is 5.91 Å². The van der Waals surface area contributed by atoms with Crippen molar-refractivity contribution in [3.63, 3.8) is 0 Å². The number of nitrogens with one attached hydrogen (secondary N) is 1. The SMILES string of the molecule is COc1cccc(CCNC(=O)C(N)CC(C)C)c1. The summed E-state index contributed by atoms with van der Waals surface area (Å²) >= 11 is 0. The molecule has 0 bridgehead atoms. The molecule has 3 N–H and O–H groups in total. The van der Waals surface area contributed by atoms with E-state index in [2.05, 4.69) is 19.2 Å². The van der Waals surface area contributed by atoms with Gasteiger partial charge in [0.25, 0.3) is 0 Å². The van der Waals surface area contributed by atoms with Crippen molar-refractivity contribution in [3.8, 4) is 5.75 Å². The Bertz CT molecular complexity index is 405. The maximum absolute atomic E-state index is 11.7. The van der Waals surface area contributed by atoms with Gasteiger partial charge in [-0.2, -0.15) is 0 Å². The number of nitrogens with two attached hydrogens (primary N) is 1. The standard InChI is InChI=1S/C15H24N2O2/c1-11(2)9-14(16)15(18)17-8-7-12-5-4-6-13(10-12)19-3/h4-6,10-11,14H,7-9,16H2,1-3H3,(H,17,18). The van der Waals surface area contributed by atoms with Crippen LogP contribution >= 0.6 is 0 Å². The van der Waals surface area contributed by atoms with Crippen LogP contribution in [0.1, 0.15) is 25.8 Å². The van der Waals surface area contributed by atoms with E-state index in [0.717, 1.165) is 17.7 Å². The van der Waals surface area contributed by atoms with E-state index in [4.69, 9.17) is 10.5 Å². The Morgan fingerprint density at radius 2 is 2.16 bits per heavy atom. The molecular weight excluding hydrogens is 240 g/mol. The van der Waals surface area contributed by atoms with Crippen LogP contribution < -0.4 is 15.8 Å². The van der Waals surface area contributed by atoms with Gasteiger partial charge in [-0.1, -0.05) is 26.0 Å². The van der Waals surface area contributed by atoms with Crippen LogP contribution in [0.2, 0.25) is 0 Å². The number of rotatable bonds is 7. The summed E-state index contributed by atoms with van der Waals surface area (Å²) in [5.74, 6) is 1.19. The van der Waals surface area contributed by atoms with Gasteiger partial charge in [0.1, 0.15) is 5.75 Å².